The number of nitrogens with one attached hydrogen (secondary N) is 1. The molecule has 4 rings (SSSR count). The zero-order chi connectivity index (χ0) is 23.0. The van der Waals surface area contributed by atoms with Gasteiger partial charge in [-0.1, -0.05) is 73.3 Å². The van der Waals surface area contributed by atoms with Crippen LogP contribution >= 0.6 is 24.2 Å². The van der Waals surface area contributed by atoms with Crippen LogP contribution in [0, 0.1) is 5.92 Å². The average Bonchev–Trinajstić information content (AvgIpc) is 2.84. The molecule has 0 radical (unpaired) electrons. The highest BCUT2D eigenvalue weighted by Crippen LogP contribution is 2.32. The number of carbonyl (C=O) groups excluding carboxylic acids is 1. The first-order valence-electron chi connectivity index (χ1n) is 11.6. The molecule has 0 spiro atoms. The lowest BCUT2D eigenvalue weighted by molar-refractivity contribution is 0.0954. The lowest BCUT2D eigenvalue weighted by atomic mass is 9.83. The van der Waals surface area contributed by atoms with Gasteiger partial charge in [0.1, 0.15) is 0 Å². The third-order valence-electron chi connectivity index (χ3n) is 6.13. The summed E-state index contributed by atoms with van der Waals surface area (Å²) in [6.07, 6.45) is 6.79. The largest absolute Gasteiger partial charge is 0.352 e. The molecule has 1 fully saturated rings. The molecular weight excluding hydrogens is 448 g/mol. The van der Waals surface area contributed by atoms with Crippen molar-refractivity contribution in [2.75, 3.05) is 6.54 Å². The van der Waals surface area contributed by atoms with Crippen molar-refractivity contribution in [2.24, 2.45) is 10.9 Å². The van der Waals surface area contributed by atoms with E-state index in [0.717, 1.165) is 46.7 Å². The number of amides is 1. The molecule has 170 valence electrons. The van der Waals surface area contributed by atoms with Gasteiger partial charge in [-0.05, 0) is 60.7 Å². The molecule has 0 heterocycles. The van der Waals surface area contributed by atoms with Crippen molar-refractivity contribution in [3.63, 3.8) is 0 Å². The lowest BCUT2D eigenvalue weighted by Gasteiger charge is -2.24. The molecule has 0 atom stereocenters. The summed E-state index contributed by atoms with van der Waals surface area (Å²) in [6.45, 7) is 0.539. The maximum absolute atomic E-state index is 12.8. The van der Waals surface area contributed by atoms with Crippen LogP contribution < -0.4 is 5.32 Å². The van der Waals surface area contributed by atoms with Gasteiger partial charge in [0.2, 0.25) is 0 Å². The van der Waals surface area contributed by atoms with Crippen molar-refractivity contribution in [3.8, 4) is 0 Å². The van der Waals surface area contributed by atoms with Gasteiger partial charge in [0.15, 0.2) is 0 Å². The Morgan fingerprint density at radius 2 is 1.73 bits per heavy atom. The molecular formula is C28H29ClN2OS. The number of rotatable bonds is 7. The molecule has 3 aromatic carbocycles. The minimum Gasteiger partial charge on any atom is -0.352 e. The minimum atomic E-state index is -0.110. The minimum absolute atomic E-state index is 0.110. The number of hydrogen-bond acceptors (Lipinski definition) is 3. The Labute approximate surface area is 206 Å². The Balaban J connectivity index is 1.53. The molecule has 1 N–H and O–H groups in total. The highest BCUT2D eigenvalue weighted by Gasteiger charge is 2.21. The summed E-state index contributed by atoms with van der Waals surface area (Å²) in [5, 5.41) is 3.71. The smallest absolute Gasteiger partial charge is 0.251 e. The van der Waals surface area contributed by atoms with Crippen LogP contribution in [0.3, 0.4) is 0 Å². The Morgan fingerprint density at radius 1 is 0.939 bits per heavy atom. The Hall–Kier alpha value is -2.56. The van der Waals surface area contributed by atoms with E-state index in [4.69, 9.17) is 16.6 Å². The van der Waals surface area contributed by atoms with Crippen LogP contribution in [0.2, 0.25) is 5.02 Å². The predicted molar refractivity (Wildman–Crippen MR) is 140 cm³/mol. The van der Waals surface area contributed by atoms with Crippen molar-refractivity contribution >= 4 is 41.5 Å². The lowest BCUT2D eigenvalue weighted by Crippen LogP contribution is -2.25. The quantitative estimate of drug-likeness (QED) is 0.272. The van der Waals surface area contributed by atoms with E-state index in [1.807, 2.05) is 42.5 Å². The normalized spacial score (nSPS) is 14.8. The molecule has 5 heteroatoms. The number of halogens is 1. The van der Waals surface area contributed by atoms with Gasteiger partial charge in [0, 0.05) is 27.9 Å². The van der Waals surface area contributed by atoms with Crippen molar-refractivity contribution in [1.29, 1.82) is 0 Å². The van der Waals surface area contributed by atoms with Gasteiger partial charge in [-0.2, -0.15) is 0 Å². The molecule has 3 nitrogen and oxygen atoms in total. The van der Waals surface area contributed by atoms with E-state index in [1.165, 1.54) is 19.3 Å². The fourth-order valence-electron chi connectivity index (χ4n) is 4.38. The van der Waals surface area contributed by atoms with Gasteiger partial charge in [-0.25, -0.2) is 0 Å². The van der Waals surface area contributed by atoms with Gasteiger partial charge < -0.3 is 5.32 Å². The van der Waals surface area contributed by atoms with Crippen LogP contribution in [0.1, 0.15) is 53.6 Å². The first kappa shape index (κ1) is 23.6. The van der Waals surface area contributed by atoms with Crippen molar-refractivity contribution in [1.82, 2.24) is 5.32 Å². The summed E-state index contributed by atoms with van der Waals surface area (Å²) in [5.74, 6) is 0.324. The number of hydrogen-bond donors (Lipinski definition) is 2. The van der Waals surface area contributed by atoms with Gasteiger partial charge >= 0.3 is 0 Å². The van der Waals surface area contributed by atoms with Crippen molar-refractivity contribution in [3.05, 3.63) is 94.5 Å². The first-order valence-corrected chi connectivity index (χ1v) is 12.4. The van der Waals surface area contributed by atoms with Crippen LogP contribution in [0.15, 0.2) is 82.7 Å². The second kappa shape index (κ2) is 11.5. The predicted octanol–water partition coefficient (Wildman–Crippen LogP) is 7.30. The molecule has 0 aromatic heterocycles. The first-order chi connectivity index (χ1) is 16.1. The fraction of sp³-hybridized carbons (Fsp3) is 0.286. The highest BCUT2D eigenvalue weighted by molar-refractivity contribution is 7.80. The van der Waals surface area contributed by atoms with Gasteiger partial charge in [0.25, 0.3) is 5.91 Å². The standard InChI is InChI=1S/C28H29ClN2OS/c29-24-13-7-8-20(18-24)16-17-30-28(32)23-14-15-26(33)25(19-23)31-27(21-9-3-1-4-10-21)22-11-5-2-6-12-22/h1,3-4,7-10,13-15,18-19,22,33H,2,5-6,11-12,16-17H2,(H,30,32). The van der Waals surface area contributed by atoms with Crippen LogP contribution in [0.25, 0.3) is 0 Å². The third kappa shape index (κ3) is 6.49. The Kier molecular flexibility index (Phi) is 8.25. The SMILES string of the molecule is O=C(NCCc1cccc(Cl)c1)c1ccc(S)c(N=C(c2ccccc2)C2CCCCC2)c1. The molecule has 33 heavy (non-hydrogen) atoms. The number of carbonyl (C=O) groups is 1. The molecule has 1 aliphatic carbocycles. The van der Waals surface area contributed by atoms with Crippen molar-refractivity contribution in [2.45, 2.75) is 43.4 Å². The van der Waals surface area contributed by atoms with E-state index in [9.17, 15) is 4.79 Å². The zero-order valence-electron chi connectivity index (χ0n) is 18.6. The van der Waals surface area contributed by atoms with Gasteiger partial charge in [-0.15, -0.1) is 12.6 Å². The molecule has 1 amide bonds. The van der Waals surface area contributed by atoms with Crippen LogP contribution in [0.5, 0.6) is 0 Å². The highest BCUT2D eigenvalue weighted by atomic mass is 35.5. The van der Waals surface area contributed by atoms with Crippen molar-refractivity contribution < 1.29 is 4.79 Å². The Bertz CT molecular complexity index is 1120. The third-order valence-corrected chi connectivity index (χ3v) is 6.74. The zero-order valence-corrected chi connectivity index (χ0v) is 20.3. The summed E-state index contributed by atoms with van der Waals surface area (Å²) in [4.78, 5) is 18.7. The van der Waals surface area contributed by atoms with E-state index < -0.39 is 0 Å². The maximum Gasteiger partial charge on any atom is 0.251 e. The molecule has 3 aromatic rings. The summed E-state index contributed by atoms with van der Waals surface area (Å²) >= 11 is 10.7. The second-order valence-electron chi connectivity index (χ2n) is 8.54. The average molecular weight is 477 g/mol. The molecule has 0 aliphatic heterocycles. The van der Waals surface area contributed by atoms with E-state index in [2.05, 4.69) is 42.2 Å². The van der Waals surface area contributed by atoms with E-state index >= 15 is 0 Å². The summed E-state index contributed by atoms with van der Waals surface area (Å²) < 4.78 is 0. The number of aliphatic imine (C=N–C) groups is 1. The monoisotopic (exact) mass is 476 g/mol. The molecule has 0 bridgehead atoms. The molecule has 0 saturated heterocycles. The fourth-order valence-corrected chi connectivity index (χ4v) is 4.78. The summed E-state index contributed by atoms with van der Waals surface area (Å²) in [5.41, 5.74) is 4.68. The van der Waals surface area contributed by atoms with Crippen LogP contribution in [-0.4, -0.2) is 18.2 Å². The van der Waals surface area contributed by atoms with E-state index in [-0.39, 0.29) is 5.91 Å². The van der Waals surface area contributed by atoms with E-state index in [1.54, 1.807) is 6.07 Å². The molecule has 1 saturated carbocycles. The Morgan fingerprint density at radius 3 is 2.48 bits per heavy atom. The number of nitrogens with zero attached hydrogens (tertiary/aromatic N) is 1. The molecule has 1 aliphatic rings. The van der Waals surface area contributed by atoms with Gasteiger partial charge in [0.05, 0.1) is 11.4 Å². The maximum atomic E-state index is 12.8. The molecule has 0 unspecified atom stereocenters. The number of benzene rings is 3. The summed E-state index contributed by atoms with van der Waals surface area (Å²) in [7, 11) is 0. The topological polar surface area (TPSA) is 41.5 Å². The number of thiol groups is 1. The second-order valence-corrected chi connectivity index (χ2v) is 9.46. The van der Waals surface area contributed by atoms with Crippen LogP contribution in [0.4, 0.5) is 5.69 Å². The van der Waals surface area contributed by atoms with E-state index in [0.29, 0.717) is 23.0 Å². The van der Waals surface area contributed by atoms with Crippen LogP contribution in [-0.2, 0) is 6.42 Å². The van der Waals surface area contributed by atoms with Gasteiger partial charge in [-0.3, -0.25) is 9.79 Å². The summed E-state index contributed by atoms with van der Waals surface area (Å²) in [6, 6.07) is 23.6.